The van der Waals surface area contributed by atoms with E-state index in [9.17, 15) is 38.4 Å². The Kier molecular flexibility index (Phi) is 21.1. The third kappa shape index (κ3) is 16.4. The Hall–Kier alpha value is -5.06. The summed E-state index contributed by atoms with van der Waals surface area (Å²) in [5.41, 5.74) is 6.89. The Morgan fingerprint density at radius 1 is 0.569 bits per heavy atom. The summed E-state index contributed by atoms with van der Waals surface area (Å²) < 4.78 is 0. The third-order valence-electron chi connectivity index (χ3n) is 9.73. The Labute approximate surface area is 343 Å². The minimum Gasteiger partial charge on any atom is -0.480 e. The summed E-state index contributed by atoms with van der Waals surface area (Å²) in [5, 5.41) is 19.3. The van der Waals surface area contributed by atoms with E-state index in [2.05, 4.69) is 21.3 Å². The van der Waals surface area contributed by atoms with Crippen molar-refractivity contribution in [1.29, 1.82) is 0 Å². The number of carbonyl (C=O) groups is 8. The molecule has 0 aliphatic carbocycles. The van der Waals surface area contributed by atoms with E-state index < -0.39 is 90.3 Å². The number of amides is 7. The summed E-state index contributed by atoms with van der Waals surface area (Å²) in [4.78, 5) is 109. The standard InChI is InChI=1S/C41H68N8O9/c1-23(2)18-30(42)40(56)49(12)32(20-25(5)6)38(54)45-27(8)39(55)48(11)33(21-29-16-14-13-15-17-29)36(52)43-22-34(50)47(10)31(19-24(3)4)37(53)44-26(7)35(51)46-28(9)41(57)58/h13-17,23-28,30-33H,18-22,42H2,1-12H3,(H,43,52)(H,44,53)(H,45,54)(H,46,51)(H,57,58)/t26-,27-,28-,30-,31-,32-,33-/m0/s1. The van der Waals surface area contributed by atoms with Crippen LogP contribution in [0.5, 0.6) is 0 Å². The van der Waals surface area contributed by atoms with Gasteiger partial charge in [-0.15, -0.1) is 0 Å². The van der Waals surface area contributed by atoms with E-state index >= 15 is 0 Å². The number of carboxylic acid groups (broad SMARTS) is 1. The van der Waals surface area contributed by atoms with E-state index in [1.54, 1.807) is 30.3 Å². The molecule has 0 saturated carbocycles. The maximum atomic E-state index is 13.9. The van der Waals surface area contributed by atoms with Crippen LogP contribution in [0.15, 0.2) is 30.3 Å². The Morgan fingerprint density at radius 3 is 1.50 bits per heavy atom. The lowest BCUT2D eigenvalue weighted by molar-refractivity contribution is -0.145. The number of hydrogen-bond donors (Lipinski definition) is 6. The van der Waals surface area contributed by atoms with E-state index in [-0.39, 0.29) is 36.5 Å². The fraction of sp³-hybridized carbons (Fsp3) is 0.659. The minimum atomic E-state index is -1.24. The Morgan fingerprint density at radius 2 is 1.02 bits per heavy atom. The molecule has 7 atom stereocenters. The number of carboxylic acids is 1. The molecule has 0 aromatic heterocycles. The SMILES string of the molecule is CC(C)C[C@H](N)C(=O)N(C)[C@@H](CC(C)C)C(=O)N[C@@H](C)C(=O)N(C)[C@@H](Cc1ccccc1)C(=O)NCC(=O)N(C)[C@@H](CC(C)C)C(=O)N[C@@H](C)C(=O)N[C@@H](C)C(=O)O. The van der Waals surface area contributed by atoms with Gasteiger partial charge in [0.25, 0.3) is 0 Å². The largest absolute Gasteiger partial charge is 0.480 e. The lowest BCUT2D eigenvalue weighted by atomic mass is 9.99. The molecule has 1 aromatic rings. The normalized spacial score (nSPS) is 14.9. The summed E-state index contributed by atoms with van der Waals surface area (Å²) in [5.74, 6) is -5.27. The van der Waals surface area contributed by atoms with Gasteiger partial charge < -0.3 is 46.8 Å². The van der Waals surface area contributed by atoms with Crippen LogP contribution in [0.2, 0.25) is 0 Å². The van der Waals surface area contributed by atoms with Crippen LogP contribution in [-0.4, -0.2) is 137 Å². The number of aliphatic carboxylic acids is 1. The predicted molar refractivity (Wildman–Crippen MR) is 220 cm³/mol. The molecule has 326 valence electrons. The molecule has 0 spiro atoms. The van der Waals surface area contributed by atoms with Crippen LogP contribution in [0.25, 0.3) is 0 Å². The number of nitrogens with two attached hydrogens (primary N) is 1. The highest BCUT2D eigenvalue weighted by Gasteiger charge is 2.36. The Balaban J connectivity index is 3.22. The van der Waals surface area contributed by atoms with Crippen molar-refractivity contribution in [1.82, 2.24) is 36.0 Å². The zero-order valence-electron chi connectivity index (χ0n) is 36.3. The monoisotopic (exact) mass is 817 g/mol. The lowest BCUT2D eigenvalue weighted by Crippen LogP contribution is -2.58. The van der Waals surface area contributed by atoms with Crippen molar-refractivity contribution < 1.29 is 43.5 Å². The Bertz CT molecular complexity index is 1570. The van der Waals surface area contributed by atoms with Gasteiger partial charge in [0, 0.05) is 27.6 Å². The fourth-order valence-electron chi connectivity index (χ4n) is 6.23. The fourth-order valence-corrected chi connectivity index (χ4v) is 6.23. The molecule has 0 heterocycles. The van der Waals surface area contributed by atoms with Crippen LogP contribution in [0, 0.1) is 17.8 Å². The number of hydrogen-bond acceptors (Lipinski definition) is 9. The molecule has 1 aromatic carbocycles. The topological polar surface area (TPSA) is 241 Å². The van der Waals surface area contributed by atoms with Gasteiger partial charge in [0.15, 0.2) is 0 Å². The van der Waals surface area contributed by atoms with Crippen molar-refractivity contribution in [2.45, 2.75) is 130 Å². The van der Waals surface area contributed by atoms with E-state index in [0.29, 0.717) is 12.8 Å². The van der Waals surface area contributed by atoms with Gasteiger partial charge in [0.05, 0.1) is 12.6 Å². The third-order valence-corrected chi connectivity index (χ3v) is 9.73. The molecule has 17 nitrogen and oxygen atoms in total. The average molecular weight is 817 g/mol. The van der Waals surface area contributed by atoms with Gasteiger partial charge in [-0.2, -0.15) is 0 Å². The molecule has 0 saturated heterocycles. The number of rotatable bonds is 23. The summed E-state index contributed by atoms with van der Waals surface area (Å²) in [6.07, 6.45) is 1.04. The predicted octanol–water partition coefficient (Wildman–Crippen LogP) is 0.891. The maximum Gasteiger partial charge on any atom is 0.325 e. The van der Waals surface area contributed by atoms with Crippen molar-refractivity contribution in [2.75, 3.05) is 27.7 Å². The molecular weight excluding hydrogens is 748 g/mol. The highest BCUT2D eigenvalue weighted by atomic mass is 16.4. The van der Waals surface area contributed by atoms with Crippen molar-refractivity contribution in [3.8, 4) is 0 Å². The lowest BCUT2D eigenvalue weighted by Gasteiger charge is -2.33. The summed E-state index contributed by atoms with van der Waals surface area (Å²) in [6, 6.07) is 1.69. The van der Waals surface area contributed by atoms with Crippen LogP contribution in [-0.2, 0) is 44.8 Å². The summed E-state index contributed by atoms with van der Waals surface area (Å²) in [6.45, 7) is 15.1. The van der Waals surface area contributed by atoms with Crippen LogP contribution < -0.4 is 27.0 Å². The van der Waals surface area contributed by atoms with Crippen molar-refractivity contribution in [3.05, 3.63) is 35.9 Å². The van der Waals surface area contributed by atoms with Gasteiger partial charge in [-0.05, 0) is 63.4 Å². The molecule has 0 unspecified atom stereocenters. The van der Waals surface area contributed by atoms with E-state index in [4.69, 9.17) is 10.8 Å². The molecule has 7 N–H and O–H groups in total. The maximum absolute atomic E-state index is 13.9. The van der Waals surface area contributed by atoms with Gasteiger partial charge >= 0.3 is 5.97 Å². The van der Waals surface area contributed by atoms with Gasteiger partial charge in [-0.1, -0.05) is 71.9 Å². The summed E-state index contributed by atoms with van der Waals surface area (Å²) >= 11 is 0. The second-order valence-electron chi connectivity index (χ2n) is 16.4. The van der Waals surface area contributed by atoms with Crippen molar-refractivity contribution in [3.63, 3.8) is 0 Å². The van der Waals surface area contributed by atoms with Crippen LogP contribution in [0.4, 0.5) is 0 Å². The molecule has 0 bridgehead atoms. The number of likely N-dealkylation sites (N-methyl/N-ethyl adjacent to an activating group) is 3. The molecule has 58 heavy (non-hydrogen) atoms. The number of nitrogens with one attached hydrogen (secondary N) is 4. The zero-order valence-corrected chi connectivity index (χ0v) is 36.3. The molecular formula is C41H68N8O9. The van der Waals surface area contributed by atoms with Crippen LogP contribution >= 0.6 is 0 Å². The van der Waals surface area contributed by atoms with Gasteiger partial charge in [0.1, 0.15) is 36.3 Å². The molecule has 17 heteroatoms. The van der Waals surface area contributed by atoms with E-state index in [1.165, 1.54) is 56.6 Å². The average Bonchev–Trinajstić information content (AvgIpc) is 3.15. The first-order chi connectivity index (χ1) is 26.9. The summed E-state index contributed by atoms with van der Waals surface area (Å²) in [7, 11) is 4.35. The number of nitrogens with zero attached hydrogens (tertiary/aromatic N) is 3. The van der Waals surface area contributed by atoms with E-state index in [0.717, 1.165) is 5.56 Å². The highest BCUT2D eigenvalue weighted by Crippen LogP contribution is 2.16. The molecule has 1 rings (SSSR count). The first kappa shape index (κ1) is 51.0. The molecule has 7 amide bonds. The molecule has 0 fully saturated rings. The van der Waals surface area contributed by atoms with Crippen LogP contribution in [0.3, 0.4) is 0 Å². The first-order valence-electron chi connectivity index (χ1n) is 19.9. The van der Waals surface area contributed by atoms with Gasteiger partial charge in [0.2, 0.25) is 41.4 Å². The van der Waals surface area contributed by atoms with Crippen molar-refractivity contribution in [2.24, 2.45) is 23.5 Å². The first-order valence-corrected chi connectivity index (χ1v) is 19.9. The second kappa shape index (κ2) is 24.0. The minimum absolute atomic E-state index is 0.0289. The molecule has 0 radical (unpaired) electrons. The smallest absolute Gasteiger partial charge is 0.325 e. The quantitative estimate of drug-likeness (QED) is 0.0912. The molecule has 0 aliphatic heterocycles. The second-order valence-corrected chi connectivity index (χ2v) is 16.4. The van der Waals surface area contributed by atoms with Crippen LogP contribution in [0.1, 0.15) is 87.1 Å². The van der Waals surface area contributed by atoms with Crippen molar-refractivity contribution >= 4 is 47.3 Å². The zero-order chi connectivity index (χ0) is 44.6. The molecule has 0 aliphatic rings. The number of benzene rings is 1. The van der Waals surface area contributed by atoms with E-state index in [1.807, 2.05) is 41.5 Å². The highest BCUT2D eigenvalue weighted by molar-refractivity contribution is 5.96. The van der Waals surface area contributed by atoms with Gasteiger partial charge in [-0.3, -0.25) is 38.4 Å². The van der Waals surface area contributed by atoms with Gasteiger partial charge in [-0.25, -0.2) is 0 Å². The number of carbonyl (C=O) groups excluding carboxylic acids is 7.